The van der Waals surface area contributed by atoms with E-state index in [0.717, 1.165) is 29.0 Å². The number of amides is 1. The van der Waals surface area contributed by atoms with Crippen molar-refractivity contribution in [2.45, 2.75) is 20.3 Å². The number of carbonyl (C=O) groups is 1. The van der Waals surface area contributed by atoms with Crippen LogP contribution in [0.2, 0.25) is 0 Å². The van der Waals surface area contributed by atoms with Gasteiger partial charge in [-0.05, 0) is 49.2 Å². The van der Waals surface area contributed by atoms with Gasteiger partial charge in [-0.15, -0.1) is 11.3 Å². The Morgan fingerprint density at radius 1 is 1.16 bits per heavy atom. The summed E-state index contributed by atoms with van der Waals surface area (Å²) in [5.41, 5.74) is 2.28. The molecule has 0 saturated carbocycles. The molecule has 3 rings (SSSR count). The lowest BCUT2D eigenvalue weighted by Gasteiger charge is -2.07. The molecule has 6 nitrogen and oxygen atoms in total. The van der Waals surface area contributed by atoms with Crippen LogP contribution in [-0.2, 0) is 4.79 Å². The number of aromatic nitrogens is 1. The summed E-state index contributed by atoms with van der Waals surface area (Å²) in [5, 5.41) is 14.4. The van der Waals surface area contributed by atoms with E-state index in [0.29, 0.717) is 24.0 Å². The molecule has 1 N–H and O–H groups in total. The van der Waals surface area contributed by atoms with Crippen LogP contribution < -0.4 is 14.8 Å². The highest BCUT2D eigenvalue weighted by Crippen LogP contribution is 2.32. The van der Waals surface area contributed by atoms with Gasteiger partial charge < -0.3 is 9.47 Å². The van der Waals surface area contributed by atoms with Gasteiger partial charge in [0.25, 0.3) is 5.91 Å². The van der Waals surface area contributed by atoms with Gasteiger partial charge in [0.1, 0.15) is 23.1 Å². The van der Waals surface area contributed by atoms with Gasteiger partial charge >= 0.3 is 0 Å². The molecule has 0 aliphatic rings. The average molecular weight is 434 g/mol. The number of nitrogens with one attached hydrogen (secondary N) is 1. The number of para-hydroxylation sites is 1. The normalized spacial score (nSPS) is 10.9. The second-order valence-electron chi connectivity index (χ2n) is 6.51. The van der Waals surface area contributed by atoms with Crippen molar-refractivity contribution in [3.63, 3.8) is 0 Å². The molecule has 0 aliphatic carbocycles. The third-order valence-corrected chi connectivity index (χ3v) is 4.97. The summed E-state index contributed by atoms with van der Waals surface area (Å²) in [5.74, 6) is 0.981. The number of carbonyl (C=O) groups excluding carboxylic acids is 1. The van der Waals surface area contributed by atoms with Crippen molar-refractivity contribution in [3.05, 3.63) is 65.0 Å². The van der Waals surface area contributed by atoms with Crippen LogP contribution in [0.15, 0.2) is 59.5 Å². The van der Waals surface area contributed by atoms with E-state index in [1.165, 1.54) is 17.4 Å². The molecular formula is C24H23N3O3S. The standard InChI is InChI=1S/C24H23N3O3S/c1-3-13-30-19-11-9-17(10-12-19)14-18(15-25)23(28)27-24-26-21(16-31-24)20-7-5-6-8-22(20)29-4-2/h5-12,14,16H,3-4,13H2,1-2H3,(H,26,27,28)/b18-14+. The highest BCUT2D eigenvalue weighted by atomic mass is 32.1. The molecule has 0 fully saturated rings. The molecule has 0 atom stereocenters. The molecule has 0 bridgehead atoms. The Kier molecular flexibility index (Phi) is 7.79. The fraction of sp³-hybridized carbons (Fsp3) is 0.208. The number of rotatable bonds is 9. The minimum absolute atomic E-state index is 0.00584. The fourth-order valence-electron chi connectivity index (χ4n) is 2.77. The summed E-state index contributed by atoms with van der Waals surface area (Å²) in [7, 11) is 0. The first kappa shape index (κ1) is 22.1. The Labute approximate surface area is 185 Å². The van der Waals surface area contributed by atoms with E-state index in [1.807, 2.05) is 73.8 Å². The molecule has 1 aromatic heterocycles. The van der Waals surface area contributed by atoms with Crippen LogP contribution in [0.25, 0.3) is 17.3 Å². The van der Waals surface area contributed by atoms with Crippen molar-refractivity contribution in [1.82, 2.24) is 4.98 Å². The molecule has 1 amide bonds. The van der Waals surface area contributed by atoms with E-state index in [4.69, 9.17) is 9.47 Å². The molecule has 2 aromatic carbocycles. The highest BCUT2D eigenvalue weighted by molar-refractivity contribution is 7.14. The van der Waals surface area contributed by atoms with Gasteiger partial charge in [-0.2, -0.15) is 5.26 Å². The van der Waals surface area contributed by atoms with Crippen molar-refractivity contribution in [2.24, 2.45) is 0 Å². The first-order chi connectivity index (χ1) is 15.1. The zero-order valence-corrected chi connectivity index (χ0v) is 18.2. The van der Waals surface area contributed by atoms with Gasteiger partial charge in [0.2, 0.25) is 0 Å². The summed E-state index contributed by atoms with van der Waals surface area (Å²) in [6.45, 7) is 5.15. The van der Waals surface area contributed by atoms with Gasteiger partial charge in [-0.1, -0.05) is 31.2 Å². The lowest BCUT2D eigenvalue weighted by Crippen LogP contribution is -2.13. The third-order valence-electron chi connectivity index (χ3n) is 4.22. The van der Waals surface area contributed by atoms with E-state index >= 15 is 0 Å². The third kappa shape index (κ3) is 5.93. The molecule has 0 radical (unpaired) electrons. The number of hydrogen-bond acceptors (Lipinski definition) is 6. The first-order valence-corrected chi connectivity index (χ1v) is 10.9. The molecule has 0 spiro atoms. The van der Waals surface area contributed by atoms with Crippen molar-refractivity contribution in [3.8, 4) is 28.8 Å². The van der Waals surface area contributed by atoms with Crippen LogP contribution in [0.3, 0.4) is 0 Å². The maximum atomic E-state index is 12.6. The van der Waals surface area contributed by atoms with E-state index in [1.54, 1.807) is 0 Å². The SMILES string of the molecule is CCCOc1ccc(/C=C(\C#N)C(=O)Nc2nc(-c3ccccc3OCC)cs2)cc1. The average Bonchev–Trinajstić information content (AvgIpc) is 3.25. The molecule has 31 heavy (non-hydrogen) atoms. The van der Waals surface area contributed by atoms with Gasteiger partial charge in [0.05, 0.1) is 18.9 Å². The van der Waals surface area contributed by atoms with Crippen LogP contribution in [0.1, 0.15) is 25.8 Å². The molecule has 0 unspecified atom stereocenters. The Balaban J connectivity index is 1.72. The maximum Gasteiger partial charge on any atom is 0.268 e. The van der Waals surface area contributed by atoms with E-state index < -0.39 is 5.91 Å². The molecule has 1 heterocycles. The van der Waals surface area contributed by atoms with Gasteiger partial charge in [0.15, 0.2) is 5.13 Å². The summed E-state index contributed by atoms with van der Waals surface area (Å²) in [6, 6.07) is 16.8. The lowest BCUT2D eigenvalue weighted by molar-refractivity contribution is -0.112. The number of nitrogens with zero attached hydrogens (tertiary/aromatic N) is 2. The Bertz CT molecular complexity index is 1100. The molecule has 7 heteroatoms. The minimum atomic E-state index is -0.507. The van der Waals surface area contributed by atoms with E-state index in [9.17, 15) is 10.1 Å². The monoisotopic (exact) mass is 433 g/mol. The summed E-state index contributed by atoms with van der Waals surface area (Å²) in [6.07, 6.45) is 2.47. The number of ether oxygens (including phenoxy) is 2. The smallest absolute Gasteiger partial charge is 0.268 e. The molecule has 0 saturated heterocycles. The predicted molar refractivity (Wildman–Crippen MR) is 123 cm³/mol. The number of benzene rings is 2. The van der Waals surface area contributed by atoms with Crippen molar-refractivity contribution in [2.75, 3.05) is 18.5 Å². The van der Waals surface area contributed by atoms with Gasteiger partial charge in [-0.25, -0.2) is 4.98 Å². The topological polar surface area (TPSA) is 84.2 Å². The fourth-order valence-corrected chi connectivity index (χ4v) is 3.48. The van der Waals surface area contributed by atoms with Gasteiger partial charge in [0, 0.05) is 10.9 Å². The second kappa shape index (κ2) is 11.0. The zero-order chi connectivity index (χ0) is 22.1. The predicted octanol–water partition coefficient (Wildman–Crippen LogP) is 5.54. The quantitative estimate of drug-likeness (QED) is 0.354. The Morgan fingerprint density at radius 3 is 2.65 bits per heavy atom. The number of nitriles is 1. The van der Waals surface area contributed by atoms with Gasteiger partial charge in [-0.3, -0.25) is 10.1 Å². The first-order valence-electron chi connectivity index (χ1n) is 9.98. The number of thiazole rings is 1. The van der Waals surface area contributed by atoms with Crippen LogP contribution >= 0.6 is 11.3 Å². The van der Waals surface area contributed by atoms with Crippen LogP contribution in [-0.4, -0.2) is 24.1 Å². The van der Waals surface area contributed by atoms with Crippen LogP contribution in [0.4, 0.5) is 5.13 Å². The Morgan fingerprint density at radius 2 is 1.94 bits per heavy atom. The zero-order valence-electron chi connectivity index (χ0n) is 17.4. The van der Waals surface area contributed by atoms with Crippen LogP contribution in [0.5, 0.6) is 11.5 Å². The second-order valence-corrected chi connectivity index (χ2v) is 7.37. The molecular weight excluding hydrogens is 410 g/mol. The minimum Gasteiger partial charge on any atom is -0.494 e. The molecule has 3 aromatic rings. The number of hydrogen-bond donors (Lipinski definition) is 1. The summed E-state index contributed by atoms with van der Waals surface area (Å²) >= 11 is 1.29. The van der Waals surface area contributed by atoms with Crippen molar-refractivity contribution in [1.29, 1.82) is 5.26 Å². The van der Waals surface area contributed by atoms with Crippen molar-refractivity contribution >= 4 is 28.5 Å². The van der Waals surface area contributed by atoms with E-state index in [-0.39, 0.29) is 5.57 Å². The summed E-state index contributed by atoms with van der Waals surface area (Å²) < 4.78 is 11.2. The maximum absolute atomic E-state index is 12.6. The Hall–Kier alpha value is -3.63. The summed E-state index contributed by atoms with van der Waals surface area (Å²) in [4.78, 5) is 17.1. The van der Waals surface area contributed by atoms with Crippen LogP contribution in [0, 0.1) is 11.3 Å². The number of anilines is 1. The lowest BCUT2D eigenvalue weighted by atomic mass is 10.1. The largest absolute Gasteiger partial charge is 0.494 e. The highest BCUT2D eigenvalue weighted by Gasteiger charge is 2.14. The molecule has 0 aliphatic heterocycles. The molecule has 158 valence electrons. The van der Waals surface area contributed by atoms with Crippen molar-refractivity contribution < 1.29 is 14.3 Å². The van der Waals surface area contributed by atoms with E-state index in [2.05, 4.69) is 10.3 Å².